The topological polar surface area (TPSA) is 37.8 Å². The van der Waals surface area contributed by atoms with E-state index in [2.05, 4.69) is 22.2 Å². The molecule has 1 aliphatic heterocycles. The molecule has 1 atom stereocenters. The van der Waals surface area contributed by atoms with Gasteiger partial charge in [-0.05, 0) is 19.8 Å². The Hall–Kier alpha value is -1.12. The lowest BCUT2D eigenvalue weighted by atomic mass is 10.1. The summed E-state index contributed by atoms with van der Waals surface area (Å²) in [5.41, 5.74) is 2.25. The molecule has 2 rings (SSSR count). The molecule has 0 spiro atoms. The van der Waals surface area contributed by atoms with Gasteiger partial charge in [-0.2, -0.15) is 0 Å². The van der Waals surface area contributed by atoms with Gasteiger partial charge in [-0.3, -0.25) is 0 Å². The van der Waals surface area contributed by atoms with Gasteiger partial charge in [0.05, 0.1) is 17.6 Å². The fraction of sp³-hybridized carbons (Fsp3) is 0.500. The first kappa shape index (κ1) is 6.58. The average molecular weight is 149 g/mol. The summed E-state index contributed by atoms with van der Waals surface area (Å²) in [5.74, 6) is 0. The number of fused-ring (bicyclic) bond motifs is 1. The van der Waals surface area contributed by atoms with Gasteiger partial charge in [0.2, 0.25) is 0 Å². The number of nitrogens with one attached hydrogen (secondary N) is 1. The molecular formula is C8H11N3. The number of hydrogen-bond donors (Lipinski definition) is 1. The fourth-order valence-electron chi connectivity index (χ4n) is 1.37. The molecule has 0 fully saturated rings. The summed E-state index contributed by atoms with van der Waals surface area (Å²) in [6.07, 6.45) is 5.70. The van der Waals surface area contributed by atoms with Crippen molar-refractivity contribution in [3.63, 3.8) is 0 Å². The van der Waals surface area contributed by atoms with Crippen LogP contribution in [0.2, 0.25) is 0 Å². The maximum atomic E-state index is 4.18. The Morgan fingerprint density at radius 3 is 3.45 bits per heavy atom. The average Bonchev–Trinajstić information content (AvgIpc) is 2.04. The molecule has 1 N–H and O–H groups in total. The van der Waals surface area contributed by atoms with Crippen molar-refractivity contribution in [1.82, 2.24) is 9.97 Å². The monoisotopic (exact) mass is 149 g/mol. The van der Waals surface area contributed by atoms with Crippen molar-refractivity contribution in [3.8, 4) is 0 Å². The van der Waals surface area contributed by atoms with Crippen molar-refractivity contribution in [2.45, 2.75) is 25.8 Å². The molecule has 1 aromatic rings. The van der Waals surface area contributed by atoms with Crippen molar-refractivity contribution in [3.05, 3.63) is 18.2 Å². The molecule has 0 amide bonds. The molecule has 0 bridgehead atoms. The van der Waals surface area contributed by atoms with Crippen molar-refractivity contribution in [2.75, 3.05) is 5.32 Å². The van der Waals surface area contributed by atoms with Crippen LogP contribution in [0, 0.1) is 0 Å². The molecule has 1 aliphatic rings. The number of nitrogens with zero attached hydrogens (tertiary/aromatic N) is 2. The van der Waals surface area contributed by atoms with Gasteiger partial charge in [-0.25, -0.2) is 9.97 Å². The van der Waals surface area contributed by atoms with Gasteiger partial charge >= 0.3 is 0 Å². The third-order valence-corrected chi connectivity index (χ3v) is 2.01. The van der Waals surface area contributed by atoms with Crippen LogP contribution in [-0.4, -0.2) is 16.0 Å². The molecule has 58 valence electrons. The van der Waals surface area contributed by atoms with Crippen molar-refractivity contribution < 1.29 is 0 Å². The van der Waals surface area contributed by atoms with Crippen LogP contribution in [-0.2, 0) is 6.42 Å². The summed E-state index contributed by atoms with van der Waals surface area (Å²) in [5, 5.41) is 3.33. The molecule has 0 saturated heterocycles. The second-order valence-corrected chi connectivity index (χ2v) is 2.97. The number of aromatic nitrogens is 2. The maximum Gasteiger partial charge on any atom is 0.115 e. The smallest absolute Gasteiger partial charge is 0.115 e. The van der Waals surface area contributed by atoms with Gasteiger partial charge in [-0.1, -0.05) is 0 Å². The van der Waals surface area contributed by atoms with Crippen molar-refractivity contribution >= 4 is 5.69 Å². The highest BCUT2D eigenvalue weighted by Gasteiger charge is 2.13. The van der Waals surface area contributed by atoms with Gasteiger partial charge in [0, 0.05) is 6.04 Å². The lowest BCUT2D eigenvalue weighted by molar-refractivity contribution is 0.665. The quantitative estimate of drug-likeness (QED) is 0.602. The van der Waals surface area contributed by atoms with Crippen LogP contribution in [0.5, 0.6) is 0 Å². The lowest BCUT2D eigenvalue weighted by Crippen LogP contribution is -2.22. The van der Waals surface area contributed by atoms with Gasteiger partial charge in [-0.15, -0.1) is 0 Å². The summed E-state index contributed by atoms with van der Waals surface area (Å²) in [6, 6.07) is 0.563. The Bertz CT molecular complexity index is 259. The molecule has 1 aromatic heterocycles. The predicted molar refractivity (Wildman–Crippen MR) is 43.4 cm³/mol. The summed E-state index contributed by atoms with van der Waals surface area (Å²) in [7, 11) is 0. The number of hydrogen-bond acceptors (Lipinski definition) is 3. The van der Waals surface area contributed by atoms with E-state index in [0.29, 0.717) is 6.04 Å². The zero-order valence-electron chi connectivity index (χ0n) is 6.54. The molecule has 0 saturated carbocycles. The summed E-state index contributed by atoms with van der Waals surface area (Å²) in [4.78, 5) is 8.14. The molecule has 0 aromatic carbocycles. The number of anilines is 1. The molecule has 0 aliphatic carbocycles. The highest BCUT2D eigenvalue weighted by molar-refractivity contribution is 5.48. The first-order chi connectivity index (χ1) is 5.36. The first-order valence-electron chi connectivity index (χ1n) is 3.91. The summed E-state index contributed by atoms with van der Waals surface area (Å²) in [6.45, 7) is 2.18. The molecule has 2 heterocycles. The van der Waals surface area contributed by atoms with E-state index in [1.165, 1.54) is 6.42 Å². The molecule has 3 heteroatoms. The highest BCUT2D eigenvalue weighted by atomic mass is 15.0. The molecule has 3 nitrogen and oxygen atoms in total. The fourth-order valence-corrected chi connectivity index (χ4v) is 1.37. The Morgan fingerprint density at radius 1 is 1.64 bits per heavy atom. The Labute approximate surface area is 65.9 Å². The minimum atomic E-state index is 0.563. The van der Waals surface area contributed by atoms with Crippen LogP contribution in [0.3, 0.4) is 0 Å². The standard InChI is InChI=1S/C8H11N3/c1-6-2-3-7-8(11-6)4-9-5-10-7/h4-6,11H,2-3H2,1H3. The number of rotatable bonds is 0. The van der Waals surface area contributed by atoms with Gasteiger partial charge < -0.3 is 5.32 Å². The molecular weight excluding hydrogens is 138 g/mol. The van der Waals surface area contributed by atoms with Crippen molar-refractivity contribution in [1.29, 1.82) is 0 Å². The summed E-state index contributed by atoms with van der Waals surface area (Å²) >= 11 is 0. The minimum absolute atomic E-state index is 0.563. The molecule has 1 unspecified atom stereocenters. The predicted octanol–water partition coefficient (Wildman–Crippen LogP) is 1.22. The molecule has 0 radical (unpaired) electrons. The third-order valence-electron chi connectivity index (χ3n) is 2.01. The second kappa shape index (κ2) is 2.49. The second-order valence-electron chi connectivity index (χ2n) is 2.97. The van der Waals surface area contributed by atoms with Crippen LogP contribution in [0.1, 0.15) is 19.0 Å². The van der Waals surface area contributed by atoms with Gasteiger partial charge in [0.25, 0.3) is 0 Å². The van der Waals surface area contributed by atoms with Crippen LogP contribution in [0.4, 0.5) is 5.69 Å². The van der Waals surface area contributed by atoms with E-state index in [-0.39, 0.29) is 0 Å². The third kappa shape index (κ3) is 1.18. The van der Waals surface area contributed by atoms with Crippen molar-refractivity contribution in [2.24, 2.45) is 0 Å². The largest absolute Gasteiger partial charge is 0.380 e. The van der Waals surface area contributed by atoms with E-state index in [1.54, 1.807) is 6.33 Å². The zero-order valence-corrected chi connectivity index (χ0v) is 6.54. The zero-order chi connectivity index (χ0) is 7.68. The number of aryl methyl sites for hydroxylation is 1. The minimum Gasteiger partial charge on any atom is -0.380 e. The Morgan fingerprint density at radius 2 is 2.55 bits per heavy atom. The Kier molecular flexibility index (Phi) is 1.49. The van der Waals surface area contributed by atoms with Crippen LogP contribution in [0.25, 0.3) is 0 Å². The lowest BCUT2D eigenvalue weighted by Gasteiger charge is -2.21. The van der Waals surface area contributed by atoms with Crippen LogP contribution in [0.15, 0.2) is 12.5 Å². The SMILES string of the molecule is CC1CCc2ncncc2N1. The Balaban J connectivity index is 2.34. The van der Waals surface area contributed by atoms with E-state index in [4.69, 9.17) is 0 Å². The molecule has 11 heavy (non-hydrogen) atoms. The van der Waals surface area contributed by atoms with E-state index >= 15 is 0 Å². The van der Waals surface area contributed by atoms with E-state index < -0.39 is 0 Å². The van der Waals surface area contributed by atoms with Gasteiger partial charge in [0.15, 0.2) is 0 Å². The van der Waals surface area contributed by atoms with E-state index in [9.17, 15) is 0 Å². The maximum absolute atomic E-state index is 4.18. The van der Waals surface area contributed by atoms with E-state index in [0.717, 1.165) is 17.8 Å². The van der Waals surface area contributed by atoms with E-state index in [1.807, 2.05) is 6.20 Å². The normalized spacial score (nSPS) is 22.1. The van der Waals surface area contributed by atoms with Crippen LogP contribution >= 0.6 is 0 Å². The first-order valence-corrected chi connectivity index (χ1v) is 3.91. The van der Waals surface area contributed by atoms with Gasteiger partial charge in [0.1, 0.15) is 6.33 Å². The van der Waals surface area contributed by atoms with Crippen LogP contribution < -0.4 is 5.32 Å². The summed E-state index contributed by atoms with van der Waals surface area (Å²) < 4.78 is 0. The highest BCUT2D eigenvalue weighted by Crippen LogP contribution is 2.20.